The zero-order chi connectivity index (χ0) is 14.0. The third-order valence-corrected chi connectivity index (χ3v) is 6.13. The molecule has 1 aromatic heterocycles. The average molecular weight is 286 g/mol. The van der Waals surface area contributed by atoms with Crippen LogP contribution in [0, 0.1) is 5.92 Å². The lowest BCUT2D eigenvalue weighted by Crippen LogP contribution is -2.39. The maximum Gasteiger partial charge on any atom is 0.248 e. The van der Waals surface area contributed by atoms with Gasteiger partial charge in [0.15, 0.2) is 0 Å². The van der Waals surface area contributed by atoms with Crippen molar-refractivity contribution < 1.29 is 8.42 Å². The van der Waals surface area contributed by atoms with Crippen LogP contribution >= 0.6 is 0 Å². The van der Waals surface area contributed by atoms with Gasteiger partial charge in [-0.2, -0.15) is 9.40 Å². The second-order valence-corrected chi connectivity index (χ2v) is 7.22. The van der Waals surface area contributed by atoms with E-state index in [9.17, 15) is 8.42 Å². The minimum Gasteiger partial charge on any atom is -0.383 e. The molecular weight excluding hydrogens is 264 g/mol. The predicted octanol–water partition coefficient (Wildman–Crippen LogP) is 1.58. The average Bonchev–Trinajstić information content (AvgIpc) is 2.85. The Labute approximate surface area is 114 Å². The van der Waals surface area contributed by atoms with Crippen LogP contribution in [0.15, 0.2) is 11.1 Å². The Balaban J connectivity index is 2.12. The van der Waals surface area contributed by atoms with Gasteiger partial charge in [-0.1, -0.05) is 13.3 Å². The molecule has 0 amide bonds. The Hall–Kier alpha value is -1.08. The van der Waals surface area contributed by atoms with Crippen LogP contribution in [0.1, 0.15) is 39.0 Å². The molecule has 108 valence electrons. The van der Waals surface area contributed by atoms with Crippen LogP contribution in [0.2, 0.25) is 0 Å². The molecule has 0 saturated heterocycles. The van der Waals surface area contributed by atoms with Gasteiger partial charge in [-0.05, 0) is 31.6 Å². The number of hydrogen-bond donors (Lipinski definition) is 2. The van der Waals surface area contributed by atoms with E-state index < -0.39 is 10.0 Å². The van der Waals surface area contributed by atoms with Crippen molar-refractivity contribution in [2.24, 2.45) is 5.92 Å². The van der Waals surface area contributed by atoms with Crippen LogP contribution in [0.4, 0.5) is 5.82 Å². The molecule has 1 fully saturated rings. The number of anilines is 1. The fraction of sp³-hybridized carbons (Fsp3) is 0.750. The number of hydrogen-bond acceptors (Lipinski definition) is 4. The highest BCUT2D eigenvalue weighted by atomic mass is 32.2. The number of aromatic amines is 1. The fourth-order valence-electron chi connectivity index (χ4n) is 2.76. The van der Waals surface area contributed by atoms with E-state index in [1.54, 1.807) is 7.05 Å². The molecule has 0 atom stereocenters. The molecule has 0 spiro atoms. The number of H-pyrrole nitrogens is 1. The number of sulfonamides is 1. The summed E-state index contributed by atoms with van der Waals surface area (Å²) in [7, 11) is -1.90. The van der Waals surface area contributed by atoms with Crippen LogP contribution in [0.25, 0.3) is 0 Å². The summed E-state index contributed by atoms with van der Waals surface area (Å²) < 4.78 is 26.4. The molecule has 1 heterocycles. The van der Waals surface area contributed by atoms with Crippen molar-refractivity contribution in [1.29, 1.82) is 0 Å². The van der Waals surface area contributed by atoms with Crippen molar-refractivity contribution in [3.63, 3.8) is 0 Å². The molecule has 19 heavy (non-hydrogen) atoms. The number of nitrogen functional groups attached to an aromatic ring is 1. The summed E-state index contributed by atoms with van der Waals surface area (Å²) in [6.07, 6.45) is 6.50. The zero-order valence-corrected chi connectivity index (χ0v) is 12.3. The summed E-state index contributed by atoms with van der Waals surface area (Å²) in [5.74, 6) is 0.848. The lowest BCUT2D eigenvalue weighted by Gasteiger charge is -2.33. The quantitative estimate of drug-likeness (QED) is 0.879. The molecule has 0 unspecified atom stereocenters. The lowest BCUT2D eigenvalue weighted by atomic mass is 9.85. The third-order valence-electron chi connectivity index (χ3n) is 4.20. The Morgan fingerprint density at radius 1 is 1.42 bits per heavy atom. The topological polar surface area (TPSA) is 92.1 Å². The van der Waals surface area contributed by atoms with Gasteiger partial charge in [0, 0.05) is 13.1 Å². The first kappa shape index (κ1) is 14.3. The first-order valence-corrected chi connectivity index (χ1v) is 8.17. The fourth-order valence-corrected chi connectivity index (χ4v) is 4.18. The molecule has 6 nitrogen and oxygen atoms in total. The van der Waals surface area contributed by atoms with Crippen LogP contribution in [0.3, 0.4) is 0 Å². The summed E-state index contributed by atoms with van der Waals surface area (Å²) in [4.78, 5) is 0.0765. The molecule has 2 rings (SSSR count). The van der Waals surface area contributed by atoms with Crippen LogP contribution < -0.4 is 5.73 Å². The van der Waals surface area contributed by atoms with Gasteiger partial charge in [0.2, 0.25) is 10.0 Å². The molecule has 0 aromatic carbocycles. The molecule has 0 radical (unpaired) electrons. The van der Waals surface area contributed by atoms with Crippen LogP contribution in [0.5, 0.6) is 0 Å². The molecule has 7 heteroatoms. The SMILES string of the molecule is CCC1CCC(N(C)S(=O)(=O)c2cn[nH]c2N)CC1. The third kappa shape index (κ3) is 2.76. The second-order valence-electron chi connectivity index (χ2n) is 5.25. The van der Waals surface area contributed by atoms with E-state index in [1.807, 2.05) is 0 Å². The maximum atomic E-state index is 12.5. The molecule has 1 saturated carbocycles. The molecule has 0 bridgehead atoms. The van der Waals surface area contributed by atoms with E-state index in [0.717, 1.165) is 31.6 Å². The Bertz CT molecular complexity index is 518. The summed E-state index contributed by atoms with van der Waals surface area (Å²) in [6.45, 7) is 2.19. The monoisotopic (exact) mass is 286 g/mol. The van der Waals surface area contributed by atoms with Gasteiger partial charge in [-0.3, -0.25) is 5.10 Å². The Kier molecular flexibility index (Phi) is 4.15. The van der Waals surface area contributed by atoms with Gasteiger partial charge >= 0.3 is 0 Å². The van der Waals surface area contributed by atoms with Gasteiger partial charge in [0.1, 0.15) is 10.7 Å². The van der Waals surface area contributed by atoms with Crippen molar-refractivity contribution in [2.45, 2.75) is 50.0 Å². The van der Waals surface area contributed by atoms with Crippen molar-refractivity contribution in [1.82, 2.24) is 14.5 Å². The van der Waals surface area contributed by atoms with Gasteiger partial charge < -0.3 is 5.73 Å². The largest absolute Gasteiger partial charge is 0.383 e. The Morgan fingerprint density at radius 3 is 2.53 bits per heavy atom. The van der Waals surface area contributed by atoms with Crippen molar-refractivity contribution in [3.05, 3.63) is 6.20 Å². The Morgan fingerprint density at radius 2 is 2.05 bits per heavy atom. The highest BCUT2D eigenvalue weighted by Crippen LogP contribution is 2.31. The van der Waals surface area contributed by atoms with Gasteiger partial charge in [-0.25, -0.2) is 8.42 Å². The number of nitrogens with two attached hydrogens (primary N) is 1. The van der Waals surface area contributed by atoms with Crippen LogP contribution in [-0.2, 0) is 10.0 Å². The predicted molar refractivity (Wildman–Crippen MR) is 74.0 cm³/mol. The van der Waals surface area contributed by atoms with E-state index >= 15 is 0 Å². The maximum absolute atomic E-state index is 12.5. The van der Waals surface area contributed by atoms with Crippen LogP contribution in [-0.4, -0.2) is 36.0 Å². The molecular formula is C12H22N4O2S. The van der Waals surface area contributed by atoms with Gasteiger partial charge in [-0.15, -0.1) is 0 Å². The molecule has 3 N–H and O–H groups in total. The van der Waals surface area contributed by atoms with Crippen molar-refractivity contribution >= 4 is 15.8 Å². The summed E-state index contributed by atoms with van der Waals surface area (Å²) in [6, 6.07) is 0.0714. The first-order chi connectivity index (χ1) is 8.96. The summed E-state index contributed by atoms with van der Waals surface area (Å²) in [5.41, 5.74) is 5.61. The normalized spacial score (nSPS) is 24.8. The minimum atomic E-state index is -3.54. The van der Waals surface area contributed by atoms with Gasteiger partial charge in [0.25, 0.3) is 0 Å². The summed E-state index contributed by atoms with van der Waals surface area (Å²) in [5, 5.41) is 6.16. The second kappa shape index (κ2) is 5.50. The van der Waals surface area contributed by atoms with E-state index in [0.29, 0.717) is 0 Å². The molecule has 0 aliphatic heterocycles. The smallest absolute Gasteiger partial charge is 0.248 e. The molecule has 1 aliphatic rings. The number of nitrogens with zero attached hydrogens (tertiary/aromatic N) is 2. The number of aromatic nitrogens is 2. The van der Waals surface area contributed by atoms with Gasteiger partial charge in [0.05, 0.1) is 6.20 Å². The first-order valence-electron chi connectivity index (χ1n) is 6.73. The molecule has 1 aliphatic carbocycles. The molecule has 1 aromatic rings. The number of nitrogens with one attached hydrogen (secondary N) is 1. The highest BCUT2D eigenvalue weighted by Gasteiger charge is 2.32. The van der Waals surface area contributed by atoms with E-state index in [4.69, 9.17) is 5.73 Å². The standard InChI is InChI=1S/C12H22N4O2S/c1-3-9-4-6-10(7-5-9)16(2)19(17,18)11-8-14-15-12(11)13/h8-10H,3-7H2,1-2H3,(H3,13,14,15). The van der Waals surface area contributed by atoms with Crippen molar-refractivity contribution in [2.75, 3.05) is 12.8 Å². The zero-order valence-electron chi connectivity index (χ0n) is 11.5. The van der Waals surface area contributed by atoms with E-state index in [1.165, 1.54) is 16.9 Å². The minimum absolute atomic E-state index is 0.0714. The van der Waals surface area contributed by atoms with E-state index in [-0.39, 0.29) is 16.8 Å². The van der Waals surface area contributed by atoms with Crippen molar-refractivity contribution in [3.8, 4) is 0 Å². The lowest BCUT2D eigenvalue weighted by molar-refractivity contribution is 0.233. The summed E-state index contributed by atoms with van der Waals surface area (Å²) >= 11 is 0. The van der Waals surface area contributed by atoms with E-state index in [2.05, 4.69) is 17.1 Å². The highest BCUT2D eigenvalue weighted by molar-refractivity contribution is 7.89. The number of rotatable bonds is 4.